The molecule has 0 bridgehead atoms. The van der Waals surface area contributed by atoms with Crippen LogP contribution in [0, 0.1) is 53.3 Å². The number of urea groups is 5. The zero-order valence-electron chi connectivity index (χ0n) is 78.3. The Kier molecular flexibility index (Phi) is 61.5. The fourth-order valence-electron chi connectivity index (χ4n) is 15.2. The number of nitrogens with one attached hydrogen (secondary N) is 12. The molecule has 0 saturated heterocycles. The van der Waals surface area contributed by atoms with E-state index in [0.717, 1.165) is 129 Å². The van der Waals surface area contributed by atoms with E-state index in [-0.39, 0.29) is 144 Å². The minimum Gasteiger partial charge on any atom is -0.361 e. The van der Waals surface area contributed by atoms with E-state index < -0.39 is 0 Å². The number of para-hydroxylation sites is 2. The first kappa shape index (κ1) is 114. The van der Waals surface area contributed by atoms with Gasteiger partial charge in [0.25, 0.3) is 0 Å². The highest BCUT2D eigenvalue weighted by Crippen LogP contribution is 2.27. The molecule has 2 aromatic heterocycles. The van der Waals surface area contributed by atoms with Gasteiger partial charge in [0.1, 0.15) is 34.7 Å². The molecule has 2 heterocycles. The SMILES string of the molecule is C.CC(=O)CC[C@H](CCCCN)CC(=O)CC[C@@H](NC(=O)NC[C@@H](CC(C)=O)C(C)C)C(C)C.CCC(=O)CC[C@H](Cc1c[nH]c2ccccc12)NC(=O)NC[C@H](CCCCN)CC(=O)CC[C@@H](NC(=O)NC(C)C)C(C)C.CCC[C@H](CCCCN)NC(=O)NC[C@@H](CC(=O)CC[C@H](CCCCN)NC(=O)NC[C@@H](C)C(C)C)Cc1c[nH]c2ccccc12. The summed E-state index contributed by atoms with van der Waals surface area (Å²) in [6, 6.07) is 14.7. The lowest BCUT2D eigenvalue weighted by molar-refractivity contribution is -0.121. The summed E-state index contributed by atoms with van der Waals surface area (Å²) >= 11 is 0. The average molecular weight is 1740 g/mol. The Morgan fingerprint density at radius 1 is 0.355 bits per heavy atom. The highest BCUT2D eigenvalue weighted by molar-refractivity contribution is 5.86. The van der Waals surface area contributed by atoms with Gasteiger partial charge in [-0.1, -0.05) is 152 Å². The number of amides is 10. The van der Waals surface area contributed by atoms with E-state index in [1.54, 1.807) is 13.8 Å². The van der Waals surface area contributed by atoms with Crippen molar-refractivity contribution in [2.24, 2.45) is 76.2 Å². The molecule has 10 atom stereocenters. The van der Waals surface area contributed by atoms with E-state index in [1.807, 2.05) is 97.3 Å². The molecule has 0 fully saturated rings. The lowest BCUT2D eigenvalue weighted by atomic mass is 9.88. The fraction of sp³-hybridized carbons (Fsp3) is 0.722. The van der Waals surface area contributed by atoms with Gasteiger partial charge in [0, 0.05) is 161 Å². The number of rotatable bonds is 64. The minimum absolute atomic E-state index is 0. The number of fused-ring (bicyclic) bond motifs is 2. The van der Waals surface area contributed by atoms with Crippen LogP contribution in [0.1, 0.15) is 309 Å². The van der Waals surface area contributed by atoms with Crippen LogP contribution in [0.25, 0.3) is 21.8 Å². The molecule has 0 saturated carbocycles. The average Bonchev–Trinajstić information content (AvgIpc) is 1.69. The number of hydrogen-bond acceptors (Lipinski definition) is 15. The van der Waals surface area contributed by atoms with E-state index in [2.05, 4.69) is 117 Å². The van der Waals surface area contributed by atoms with E-state index >= 15 is 0 Å². The van der Waals surface area contributed by atoms with Gasteiger partial charge in [0.15, 0.2) is 0 Å². The second-order valence-electron chi connectivity index (χ2n) is 36.3. The third-order valence-electron chi connectivity index (χ3n) is 23.5. The van der Waals surface area contributed by atoms with Gasteiger partial charge in [-0.05, 0) is 233 Å². The highest BCUT2D eigenvalue weighted by Gasteiger charge is 2.27. The van der Waals surface area contributed by atoms with Gasteiger partial charge in [0.2, 0.25) is 0 Å². The van der Waals surface area contributed by atoms with Crippen molar-refractivity contribution in [1.29, 1.82) is 0 Å². The third-order valence-corrected chi connectivity index (χ3v) is 23.5. The Hall–Kier alpha value is -8.27. The Balaban J connectivity index is 0.000000940. The molecule has 706 valence electrons. The second-order valence-corrected chi connectivity index (χ2v) is 36.3. The molecule has 0 aliphatic heterocycles. The van der Waals surface area contributed by atoms with E-state index in [9.17, 15) is 52.7 Å². The summed E-state index contributed by atoms with van der Waals surface area (Å²) < 4.78 is 0. The maximum absolute atomic E-state index is 13.4. The molecule has 2 aromatic carbocycles. The molecule has 0 aliphatic rings. The number of ketones is 6. The van der Waals surface area contributed by atoms with Crippen LogP contribution in [0.5, 0.6) is 0 Å². The van der Waals surface area contributed by atoms with Crippen LogP contribution in [0.4, 0.5) is 24.0 Å². The van der Waals surface area contributed by atoms with Crippen molar-refractivity contribution in [3.05, 3.63) is 72.1 Å². The molecule has 20 N–H and O–H groups in total. The van der Waals surface area contributed by atoms with Gasteiger partial charge >= 0.3 is 30.2 Å². The standard InChI is InChI=1S/C36H63N7O3.C34H56N6O4.C26H49N3O4.CH4/c1-5-12-30(13-8-10-19-37)42-36(46)41-24-28(21-29-25-39-34-16-7-6-15-33(29)34)22-32(44)18-17-31(14-9-11-20-38)43-35(45)40-23-27(4)26(2)3;1-6-28(41)15-14-27(20-26-22-36-32-13-8-7-12-30(26)32)39-33(43)37-21-25(11-9-10-18-35)19-29(42)16-17-31(23(2)3)40-34(44)38-24(4)5;1-18(2)23(15-21(6)31)17-28-26(33)29-25(19(3)4)13-12-24(32)16-22(9-7-8-14-27)11-10-20(5)30;/h6-7,15-16,25-28,30-31,39H,5,8-14,17-24,37-38H2,1-4H3,(H2,40,43,45)(H2,41,42,46);7-8,12-13,22-25,27,31,36H,6,9-11,14-21,35H2,1-5H3,(H2,37,39,43)(H2,38,40,44);18-19,22-23,25H,7-17,27H2,1-6H3,(H2,28,29,33);1H4/t27-,28-,30-,31+;25-,27-,31-;22-,23+,25+;/m110./s1. The molecule has 27 heteroatoms. The number of unbranched alkanes of at least 4 members (excludes halogenated alkanes) is 4. The van der Waals surface area contributed by atoms with Crippen LogP contribution >= 0.6 is 0 Å². The highest BCUT2D eigenvalue weighted by atomic mass is 16.2. The first-order chi connectivity index (χ1) is 58.6. The number of carbonyl (C=O) groups is 11. The molecule has 4 rings (SSSR count). The number of carbonyl (C=O) groups excluding carboxylic acids is 11. The van der Waals surface area contributed by atoms with Crippen LogP contribution in [0.3, 0.4) is 0 Å². The summed E-state index contributed by atoms with van der Waals surface area (Å²) in [7, 11) is 0. The maximum Gasteiger partial charge on any atom is 0.315 e. The van der Waals surface area contributed by atoms with Crippen LogP contribution in [0.15, 0.2) is 60.9 Å². The van der Waals surface area contributed by atoms with Crippen LogP contribution in [0.2, 0.25) is 0 Å². The van der Waals surface area contributed by atoms with E-state index in [0.29, 0.717) is 173 Å². The molecule has 0 radical (unpaired) electrons. The monoisotopic (exact) mass is 1740 g/mol. The summed E-state index contributed by atoms with van der Waals surface area (Å²) in [6.07, 6.45) is 25.1. The zero-order valence-corrected chi connectivity index (χ0v) is 78.3. The van der Waals surface area contributed by atoms with Crippen molar-refractivity contribution in [1.82, 2.24) is 63.1 Å². The van der Waals surface area contributed by atoms with Crippen molar-refractivity contribution in [3.8, 4) is 0 Å². The van der Waals surface area contributed by atoms with Crippen LogP contribution in [-0.2, 0) is 41.6 Å². The van der Waals surface area contributed by atoms with E-state index in [1.165, 1.54) is 0 Å². The predicted octanol–water partition coefficient (Wildman–Crippen LogP) is 16.2. The summed E-state index contributed by atoms with van der Waals surface area (Å²) in [5.41, 5.74) is 27.0. The van der Waals surface area contributed by atoms with Gasteiger partial charge in [-0.25, -0.2) is 24.0 Å². The van der Waals surface area contributed by atoms with E-state index in [4.69, 9.17) is 22.9 Å². The second kappa shape index (κ2) is 67.1. The van der Waals surface area contributed by atoms with Crippen molar-refractivity contribution in [2.45, 2.75) is 347 Å². The van der Waals surface area contributed by atoms with Gasteiger partial charge in [-0.3, -0.25) is 19.2 Å². The van der Waals surface area contributed by atoms with Crippen molar-refractivity contribution >= 4 is 86.7 Å². The molecule has 4 aromatic rings. The molecule has 0 spiro atoms. The Labute approximate surface area is 745 Å². The summed E-state index contributed by atoms with van der Waals surface area (Å²) in [5, 5.41) is 32.4. The van der Waals surface area contributed by atoms with Gasteiger partial charge in [-0.2, -0.15) is 0 Å². The quantitative estimate of drug-likeness (QED) is 0.0183. The van der Waals surface area contributed by atoms with Gasteiger partial charge < -0.3 is 95.7 Å². The Morgan fingerprint density at radius 3 is 1.22 bits per heavy atom. The molecule has 27 nitrogen and oxygen atoms in total. The summed E-state index contributed by atoms with van der Waals surface area (Å²) in [6.45, 7) is 33.9. The smallest absolute Gasteiger partial charge is 0.315 e. The summed E-state index contributed by atoms with van der Waals surface area (Å²) in [5.74, 6) is 2.69. The fourth-order valence-corrected chi connectivity index (χ4v) is 15.2. The number of nitrogens with two attached hydrogens (primary N) is 4. The first-order valence-electron chi connectivity index (χ1n) is 46.8. The van der Waals surface area contributed by atoms with Crippen molar-refractivity contribution in [3.63, 3.8) is 0 Å². The molecular formula is C97H172N16O11. The maximum atomic E-state index is 13.4. The third kappa shape index (κ3) is 52.6. The zero-order chi connectivity index (χ0) is 91.6. The lowest BCUT2D eigenvalue weighted by Crippen LogP contribution is -2.46. The molecule has 0 unspecified atom stereocenters. The number of Topliss-reactive ketones (excluding diaryl/α,β-unsaturated/α-hetero) is 6. The van der Waals surface area contributed by atoms with Gasteiger partial charge in [-0.15, -0.1) is 0 Å². The number of H-pyrrole nitrogens is 2. The van der Waals surface area contributed by atoms with Crippen LogP contribution < -0.4 is 76.1 Å². The Morgan fingerprint density at radius 2 is 0.758 bits per heavy atom. The predicted molar refractivity (Wildman–Crippen MR) is 508 cm³/mol. The first-order valence-corrected chi connectivity index (χ1v) is 46.8. The molecular weight excluding hydrogens is 1570 g/mol. The topological polar surface area (TPSA) is 444 Å². The Bertz CT molecular complexity index is 3650. The lowest BCUT2D eigenvalue weighted by Gasteiger charge is -2.25. The molecule has 10 amide bonds. The minimum atomic E-state index is -0.296. The summed E-state index contributed by atoms with van der Waals surface area (Å²) in [4.78, 5) is 144. The molecule has 124 heavy (non-hydrogen) atoms. The normalized spacial score (nSPS) is 13.7. The number of hydrogen-bond donors (Lipinski definition) is 16. The molecule has 0 aliphatic carbocycles. The van der Waals surface area contributed by atoms with Crippen molar-refractivity contribution < 1.29 is 52.7 Å². The van der Waals surface area contributed by atoms with Crippen molar-refractivity contribution in [2.75, 3.05) is 52.4 Å². The number of aromatic nitrogens is 2. The number of benzene rings is 2. The van der Waals surface area contributed by atoms with Gasteiger partial charge in [0.05, 0.1) is 0 Å². The number of aromatic amines is 2. The largest absolute Gasteiger partial charge is 0.361 e. The van der Waals surface area contributed by atoms with Crippen LogP contribution in [-0.4, -0.2) is 163 Å².